The summed E-state index contributed by atoms with van der Waals surface area (Å²) in [6, 6.07) is 0. The molecule has 0 radical (unpaired) electrons. The number of amides is 1. The van der Waals surface area contributed by atoms with Crippen LogP contribution in [0.15, 0.2) is 12.2 Å². The van der Waals surface area contributed by atoms with Crippen molar-refractivity contribution in [2.45, 2.75) is 52.4 Å². The Balaban J connectivity index is 3.89. The highest BCUT2D eigenvalue weighted by Gasteiger charge is 2.03. The number of allylic oxidation sites excluding steroid dienone is 1. The van der Waals surface area contributed by atoms with E-state index in [4.69, 9.17) is 5.73 Å². The molecule has 0 aromatic carbocycles. The van der Waals surface area contributed by atoms with Crippen molar-refractivity contribution >= 4 is 5.91 Å². The summed E-state index contributed by atoms with van der Waals surface area (Å²) in [4.78, 5) is 10.6. The molecule has 0 rings (SSSR count). The summed E-state index contributed by atoms with van der Waals surface area (Å²) in [5, 5.41) is 0. The first kappa shape index (κ1) is 13.2. The topological polar surface area (TPSA) is 43.1 Å². The number of unbranched alkanes of at least 4 members (excludes halogenated alkanes) is 2. The summed E-state index contributed by atoms with van der Waals surface area (Å²) < 4.78 is 0. The third kappa shape index (κ3) is 7.84. The molecule has 0 aromatic rings. The number of hydrogen-bond donors (Lipinski definition) is 1. The van der Waals surface area contributed by atoms with E-state index in [-0.39, 0.29) is 5.91 Å². The number of rotatable bonds is 8. The molecule has 0 aromatic heterocycles. The largest absolute Gasteiger partial charge is 0.366 e. The fraction of sp³-hybridized carbons (Fsp3) is 0.750. The van der Waals surface area contributed by atoms with Gasteiger partial charge >= 0.3 is 0 Å². The van der Waals surface area contributed by atoms with Gasteiger partial charge in [-0.1, -0.05) is 45.6 Å². The van der Waals surface area contributed by atoms with Gasteiger partial charge in [-0.3, -0.25) is 4.79 Å². The molecular formula is C12H23NO. The van der Waals surface area contributed by atoms with Crippen molar-refractivity contribution < 1.29 is 4.79 Å². The molecule has 0 atom stereocenters. The van der Waals surface area contributed by atoms with Crippen LogP contribution >= 0.6 is 0 Å². The van der Waals surface area contributed by atoms with Gasteiger partial charge in [0.25, 0.3) is 0 Å². The number of primary amides is 1. The van der Waals surface area contributed by atoms with E-state index >= 15 is 0 Å². The number of nitrogens with two attached hydrogens (primary N) is 1. The van der Waals surface area contributed by atoms with Crippen LogP contribution in [0.4, 0.5) is 0 Å². The van der Waals surface area contributed by atoms with Crippen LogP contribution in [-0.4, -0.2) is 5.91 Å². The maximum atomic E-state index is 10.6. The van der Waals surface area contributed by atoms with Gasteiger partial charge in [-0.15, -0.1) is 0 Å². The molecule has 2 heteroatoms. The molecule has 0 saturated heterocycles. The predicted molar refractivity (Wildman–Crippen MR) is 60.9 cm³/mol. The molecule has 0 aliphatic rings. The minimum atomic E-state index is -0.331. The molecule has 0 spiro atoms. The molecule has 82 valence electrons. The Morgan fingerprint density at radius 2 is 1.71 bits per heavy atom. The Bertz CT molecular complexity index is 167. The van der Waals surface area contributed by atoms with Crippen molar-refractivity contribution in [2.75, 3.05) is 0 Å². The zero-order valence-electron chi connectivity index (χ0n) is 9.46. The average Bonchev–Trinajstić information content (AvgIpc) is 2.16. The van der Waals surface area contributed by atoms with Crippen molar-refractivity contribution in [3.63, 3.8) is 0 Å². The van der Waals surface area contributed by atoms with Crippen LogP contribution in [0, 0.1) is 5.92 Å². The summed E-state index contributed by atoms with van der Waals surface area (Å²) in [6.45, 7) is 4.38. The van der Waals surface area contributed by atoms with Crippen molar-refractivity contribution in [1.29, 1.82) is 0 Å². The quantitative estimate of drug-likeness (QED) is 0.597. The maximum Gasteiger partial charge on any atom is 0.241 e. The lowest BCUT2D eigenvalue weighted by molar-refractivity contribution is -0.113. The molecular weight excluding hydrogens is 174 g/mol. The van der Waals surface area contributed by atoms with Crippen molar-refractivity contribution in [3.8, 4) is 0 Å². The van der Waals surface area contributed by atoms with Crippen molar-refractivity contribution in [3.05, 3.63) is 12.2 Å². The van der Waals surface area contributed by atoms with Crippen LogP contribution < -0.4 is 5.73 Å². The molecule has 2 N–H and O–H groups in total. The van der Waals surface area contributed by atoms with Gasteiger partial charge < -0.3 is 5.73 Å². The molecule has 2 nitrogen and oxygen atoms in total. The van der Waals surface area contributed by atoms with E-state index in [0.717, 1.165) is 0 Å². The minimum Gasteiger partial charge on any atom is -0.366 e. The van der Waals surface area contributed by atoms with E-state index in [1.165, 1.54) is 44.6 Å². The Hall–Kier alpha value is -0.790. The van der Waals surface area contributed by atoms with E-state index in [2.05, 4.69) is 13.8 Å². The third-order valence-electron chi connectivity index (χ3n) is 2.39. The van der Waals surface area contributed by atoms with Crippen LogP contribution in [0.1, 0.15) is 52.4 Å². The summed E-state index contributed by atoms with van der Waals surface area (Å²) >= 11 is 0. The summed E-state index contributed by atoms with van der Waals surface area (Å²) in [5.41, 5.74) is 5.07. The van der Waals surface area contributed by atoms with Gasteiger partial charge in [0.1, 0.15) is 0 Å². The van der Waals surface area contributed by atoms with Crippen LogP contribution in [0.5, 0.6) is 0 Å². The highest BCUT2D eigenvalue weighted by molar-refractivity contribution is 5.85. The van der Waals surface area contributed by atoms with Gasteiger partial charge in [0.15, 0.2) is 0 Å². The second-order valence-corrected chi connectivity index (χ2v) is 3.81. The van der Waals surface area contributed by atoms with E-state index in [1.807, 2.05) is 6.08 Å². The Morgan fingerprint density at radius 3 is 2.07 bits per heavy atom. The number of carbonyl (C=O) groups is 1. The zero-order chi connectivity index (χ0) is 10.8. The lowest BCUT2D eigenvalue weighted by Crippen LogP contribution is -2.07. The molecule has 0 aliphatic carbocycles. The fourth-order valence-electron chi connectivity index (χ4n) is 1.50. The molecule has 0 bridgehead atoms. The van der Waals surface area contributed by atoms with E-state index in [9.17, 15) is 4.79 Å². The summed E-state index contributed by atoms with van der Waals surface area (Å²) in [7, 11) is 0. The van der Waals surface area contributed by atoms with Crippen LogP contribution in [-0.2, 0) is 4.79 Å². The summed E-state index contributed by atoms with van der Waals surface area (Å²) in [6.07, 6.45) is 10.7. The summed E-state index contributed by atoms with van der Waals surface area (Å²) in [5.74, 6) is 0.213. The van der Waals surface area contributed by atoms with Crippen LogP contribution in [0.25, 0.3) is 0 Å². The zero-order valence-corrected chi connectivity index (χ0v) is 9.46. The molecule has 0 aliphatic heterocycles. The van der Waals surface area contributed by atoms with Gasteiger partial charge in [-0.2, -0.15) is 0 Å². The first-order valence-electron chi connectivity index (χ1n) is 5.68. The second-order valence-electron chi connectivity index (χ2n) is 3.81. The van der Waals surface area contributed by atoms with Crippen LogP contribution in [0.2, 0.25) is 0 Å². The lowest BCUT2D eigenvalue weighted by Gasteiger charge is -2.10. The van der Waals surface area contributed by atoms with Gasteiger partial charge in [-0.25, -0.2) is 0 Å². The SMILES string of the molecule is CCCCC(/C=C\C(N)=O)CCCC. The standard InChI is InChI=1S/C12H23NO/c1-3-5-7-11(8-6-4-2)9-10-12(13)14/h9-11H,3-8H2,1-2H3,(H2,13,14)/b10-9-. The predicted octanol–water partition coefficient (Wildman–Crippen LogP) is 3.02. The molecule has 0 heterocycles. The first-order chi connectivity index (χ1) is 6.70. The van der Waals surface area contributed by atoms with Crippen LogP contribution in [0.3, 0.4) is 0 Å². The normalized spacial score (nSPS) is 11.4. The third-order valence-corrected chi connectivity index (χ3v) is 2.39. The second kappa shape index (κ2) is 8.79. The highest BCUT2D eigenvalue weighted by Crippen LogP contribution is 2.17. The molecule has 0 saturated carbocycles. The maximum absolute atomic E-state index is 10.6. The van der Waals surface area contributed by atoms with Gasteiger partial charge in [0, 0.05) is 0 Å². The molecule has 0 unspecified atom stereocenters. The Morgan fingerprint density at radius 1 is 1.21 bits per heavy atom. The highest BCUT2D eigenvalue weighted by atomic mass is 16.1. The number of carbonyl (C=O) groups excluding carboxylic acids is 1. The Labute approximate surface area is 87.6 Å². The van der Waals surface area contributed by atoms with E-state index in [1.54, 1.807) is 0 Å². The van der Waals surface area contributed by atoms with Gasteiger partial charge in [0.2, 0.25) is 5.91 Å². The first-order valence-corrected chi connectivity index (χ1v) is 5.68. The number of hydrogen-bond acceptors (Lipinski definition) is 1. The monoisotopic (exact) mass is 197 g/mol. The minimum absolute atomic E-state index is 0.331. The van der Waals surface area contributed by atoms with Gasteiger partial charge in [-0.05, 0) is 24.8 Å². The van der Waals surface area contributed by atoms with Gasteiger partial charge in [0.05, 0.1) is 0 Å². The Kier molecular flexibility index (Phi) is 8.30. The fourth-order valence-corrected chi connectivity index (χ4v) is 1.50. The molecule has 0 fully saturated rings. The van der Waals surface area contributed by atoms with E-state index < -0.39 is 0 Å². The van der Waals surface area contributed by atoms with Crippen molar-refractivity contribution in [2.24, 2.45) is 11.7 Å². The smallest absolute Gasteiger partial charge is 0.241 e. The lowest BCUT2D eigenvalue weighted by atomic mass is 9.95. The van der Waals surface area contributed by atoms with E-state index in [0.29, 0.717) is 5.92 Å². The molecule has 1 amide bonds. The van der Waals surface area contributed by atoms with Crippen molar-refractivity contribution in [1.82, 2.24) is 0 Å². The molecule has 14 heavy (non-hydrogen) atoms. The average molecular weight is 197 g/mol.